The van der Waals surface area contributed by atoms with Crippen LogP contribution < -0.4 is 5.32 Å². The maximum Gasteiger partial charge on any atom is 0.337 e. The summed E-state index contributed by atoms with van der Waals surface area (Å²) in [4.78, 5) is 26.7. The third-order valence-electron chi connectivity index (χ3n) is 2.75. The fraction of sp³-hybridized carbons (Fsp3) is 0.0714. The third-order valence-corrected chi connectivity index (χ3v) is 3.04. The Balaban J connectivity index is 2.27. The molecule has 21 heavy (non-hydrogen) atoms. The van der Waals surface area contributed by atoms with Gasteiger partial charge in [0.1, 0.15) is 5.69 Å². The van der Waals surface area contributed by atoms with E-state index in [2.05, 4.69) is 10.3 Å². The van der Waals surface area contributed by atoms with Gasteiger partial charge in [0.2, 0.25) is 0 Å². The zero-order valence-corrected chi connectivity index (χ0v) is 11.6. The second-order valence-electron chi connectivity index (χ2n) is 4.19. The van der Waals surface area contributed by atoms with Crippen molar-refractivity contribution in [2.45, 2.75) is 6.92 Å². The molecule has 2 N–H and O–H groups in total. The standard InChI is InChI=1S/C14H10ClFN2O3/c1-7-8(14(20)21)5-6-11(17-7)13(19)18-10-4-2-3-9(15)12(10)16/h2-6H,1H3,(H,18,19)(H,20,21). The molecule has 7 heteroatoms. The lowest BCUT2D eigenvalue weighted by Crippen LogP contribution is -2.16. The zero-order valence-electron chi connectivity index (χ0n) is 10.9. The van der Waals surface area contributed by atoms with Gasteiger partial charge >= 0.3 is 5.97 Å². The number of benzene rings is 1. The normalized spacial score (nSPS) is 10.2. The van der Waals surface area contributed by atoms with Gasteiger partial charge < -0.3 is 10.4 Å². The SMILES string of the molecule is Cc1nc(C(=O)Nc2cccc(Cl)c2F)ccc1C(=O)O. The first-order valence-corrected chi connectivity index (χ1v) is 6.24. The lowest BCUT2D eigenvalue weighted by Gasteiger charge is -2.08. The van der Waals surface area contributed by atoms with E-state index in [1.165, 1.54) is 37.3 Å². The van der Waals surface area contributed by atoms with E-state index in [9.17, 15) is 14.0 Å². The van der Waals surface area contributed by atoms with Gasteiger partial charge in [0.25, 0.3) is 5.91 Å². The van der Waals surface area contributed by atoms with Gasteiger partial charge in [-0.3, -0.25) is 4.79 Å². The van der Waals surface area contributed by atoms with Gasteiger partial charge in [0, 0.05) is 0 Å². The Hall–Kier alpha value is -2.47. The maximum atomic E-state index is 13.7. The molecule has 0 radical (unpaired) electrons. The molecule has 2 aromatic rings. The number of carboxylic acids is 1. The van der Waals surface area contributed by atoms with Gasteiger partial charge in [0.05, 0.1) is 22.0 Å². The van der Waals surface area contributed by atoms with Crippen LogP contribution >= 0.6 is 11.6 Å². The highest BCUT2D eigenvalue weighted by Gasteiger charge is 2.15. The summed E-state index contributed by atoms with van der Waals surface area (Å²) in [6.07, 6.45) is 0. The predicted molar refractivity (Wildman–Crippen MR) is 75.3 cm³/mol. The van der Waals surface area contributed by atoms with E-state index >= 15 is 0 Å². The quantitative estimate of drug-likeness (QED) is 0.913. The molecule has 0 saturated heterocycles. The largest absolute Gasteiger partial charge is 0.478 e. The second-order valence-corrected chi connectivity index (χ2v) is 4.60. The number of hydrogen-bond acceptors (Lipinski definition) is 3. The number of carbonyl (C=O) groups excluding carboxylic acids is 1. The van der Waals surface area contributed by atoms with Crippen molar-refractivity contribution in [1.82, 2.24) is 4.98 Å². The van der Waals surface area contributed by atoms with Crippen molar-refractivity contribution in [1.29, 1.82) is 0 Å². The Morgan fingerprint density at radius 1 is 1.29 bits per heavy atom. The summed E-state index contributed by atoms with van der Waals surface area (Å²) in [6.45, 7) is 1.47. The van der Waals surface area contributed by atoms with Crippen LogP contribution in [0.5, 0.6) is 0 Å². The molecule has 1 aromatic heterocycles. The van der Waals surface area contributed by atoms with Gasteiger partial charge in [0.15, 0.2) is 5.82 Å². The minimum atomic E-state index is -1.13. The van der Waals surface area contributed by atoms with E-state index in [1.807, 2.05) is 0 Å². The lowest BCUT2D eigenvalue weighted by atomic mass is 10.2. The molecule has 0 aliphatic heterocycles. The van der Waals surface area contributed by atoms with Crippen LogP contribution in [0.1, 0.15) is 26.5 Å². The number of rotatable bonds is 3. The number of pyridine rings is 1. The molecule has 0 fully saturated rings. The minimum Gasteiger partial charge on any atom is -0.478 e. The van der Waals surface area contributed by atoms with Crippen molar-refractivity contribution in [3.63, 3.8) is 0 Å². The van der Waals surface area contributed by atoms with Crippen molar-refractivity contribution in [3.8, 4) is 0 Å². The molecule has 0 bridgehead atoms. The molecule has 1 amide bonds. The summed E-state index contributed by atoms with van der Waals surface area (Å²) in [7, 11) is 0. The smallest absolute Gasteiger partial charge is 0.337 e. The number of aryl methyl sites for hydroxylation is 1. The predicted octanol–water partition coefficient (Wildman–Crippen LogP) is 3.13. The molecule has 0 saturated carbocycles. The van der Waals surface area contributed by atoms with Crippen LogP contribution in [0, 0.1) is 12.7 Å². The topological polar surface area (TPSA) is 79.3 Å². The highest BCUT2D eigenvalue weighted by molar-refractivity contribution is 6.31. The fourth-order valence-electron chi connectivity index (χ4n) is 1.70. The Bertz CT molecular complexity index is 734. The Labute approximate surface area is 124 Å². The molecule has 5 nitrogen and oxygen atoms in total. The van der Waals surface area contributed by atoms with Crippen LogP contribution in [-0.2, 0) is 0 Å². The second kappa shape index (κ2) is 5.88. The van der Waals surface area contributed by atoms with Crippen LogP contribution in [0.15, 0.2) is 30.3 Å². The molecule has 2 rings (SSSR count). The van der Waals surface area contributed by atoms with Crippen molar-refractivity contribution < 1.29 is 19.1 Å². The number of amides is 1. The molecular weight excluding hydrogens is 299 g/mol. The first-order chi connectivity index (χ1) is 9.90. The molecule has 1 heterocycles. The minimum absolute atomic E-state index is 0.000450. The Morgan fingerprint density at radius 2 is 2.00 bits per heavy atom. The Kier molecular flexibility index (Phi) is 4.18. The fourth-order valence-corrected chi connectivity index (χ4v) is 1.87. The van der Waals surface area contributed by atoms with Gasteiger partial charge in [-0.25, -0.2) is 14.2 Å². The molecule has 108 valence electrons. The van der Waals surface area contributed by atoms with Crippen molar-refractivity contribution >= 4 is 29.2 Å². The molecular formula is C14H10ClFN2O3. The molecule has 0 aliphatic carbocycles. The van der Waals surface area contributed by atoms with Crippen molar-refractivity contribution in [3.05, 3.63) is 58.1 Å². The summed E-state index contributed by atoms with van der Waals surface area (Å²) in [5.74, 6) is -2.53. The van der Waals surface area contributed by atoms with Crippen LogP contribution in [0.3, 0.4) is 0 Å². The van der Waals surface area contributed by atoms with Crippen molar-refractivity contribution in [2.24, 2.45) is 0 Å². The van der Waals surface area contributed by atoms with Crippen molar-refractivity contribution in [2.75, 3.05) is 5.32 Å². The number of aromatic carboxylic acids is 1. The number of halogens is 2. The van der Waals surface area contributed by atoms with Crippen LogP contribution in [0.25, 0.3) is 0 Å². The number of nitrogens with zero attached hydrogens (tertiary/aromatic N) is 1. The molecule has 0 spiro atoms. The Morgan fingerprint density at radius 3 is 2.62 bits per heavy atom. The van der Waals surface area contributed by atoms with Crippen LogP contribution in [0.2, 0.25) is 5.02 Å². The number of anilines is 1. The lowest BCUT2D eigenvalue weighted by molar-refractivity contribution is 0.0695. The highest BCUT2D eigenvalue weighted by Crippen LogP contribution is 2.22. The van der Waals surface area contributed by atoms with E-state index in [4.69, 9.17) is 16.7 Å². The molecule has 0 atom stereocenters. The third kappa shape index (κ3) is 3.17. The molecule has 0 unspecified atom stereocenters. The van der Waals surface area contributed by atoms with Gasteiger partial charge in [-0.05, 0) is 31.2 Å². The highest BCUT2D eigenvalue weighted by atomic mass is 35.5. The number of carboxylic acid groups (broad SMARTS) is 1. The molecule has 0 aliphatic rings. The number of aromatic nitrogens is 1. The monoisotopic (exact) mass is 308 g/mol. The molecule has 1 aromatic carbocycles. The van der Waals surface area contributed by atoms with Crippen LogP contribution in [-0.4, -0.2) is 22.0 Å². The van der Waals surface area contributed by atoms with E-state index < -0.39 is 17.7 Å². The summed E-state index contributed by atoms with van der Waals surface area (Å²) in [5.41, 5.74) is 0.105. The van der Waals surface area contributed by atoms with E-state index in [-0.39, 0.29) is 27.7 Å². The summed E-state index contributed by atoms with van der Waals surface area (Å²) >= 11 is 5.62. The van der Waals surface area contributed by atoms with Gasteiger partial charge in [-0.2, -0.15) is 0 Å². The number of nitrogens with one attached hydrogen (secondary N) is 1. The average molecular weight is 309 g/mol. The van der Waals surface area contributed by atoms with E-state index in [0.717, 1.165) is 0 Å². The maximum absolute atomic E-state index is 13.7. The number of carbonyl (C=O) groups is 2. The average Bonchev–Trinajstić information content (AvgIpc) is 2.43. The van der Waals surface area contributed by atoms with Gasteiger partial charge in [-0.15, -0.1) is 0 Å². The summed E-state index contributed by atoms with van der Waals surface area (Å²) < 4.78 is 13.7. The first-order valence-electron chi connectivity index (χ1n) is 5.86. The summed E-state index contributed by atoms with van der Waals surface area (Å²) in [5, 5.41) is 11.1. The van der Waals surface area contributed by atoms with E-state index in [1.54, 1.807) is 0 Å². The van der Waals surface area contributed by atoms with E-state index in [0.29, 0.717) is 0 Å². The summed E-state index contributed by atoms with van der Waals surface area (Å²) in [6, 6.07) is 6.74. The zero-order chi connectivity index (χ0) is 15.6. The van der Waals surface area contributed by atoms with Gasteiger partial charge in [-0.1, -0.05) is 17.7 Å². The number of hydrogen-bond donors (Lipinski definition) is 2. The first kappa shape index (κ1) is 14.9. The van der Waals surface area contributed by atoms with Crippen LogP contribution in [0.4, 0.5) is 10.1 Å².